The quantitative estimate of drug-likeness (QED) is 0.343. The molecule has 0 amide bonds. The molecule has 0 spiro atoms. The minimum absolute atomic E-state index is 0.0924. The zero-order chi connectivity index (χ0) is 20.9. The Balaban J connectivity index is 1.54. The highest BCUT2D eigenvalue weighted by Crippen LogP contribution is 2.63. The summed E-state index contributed by atoms with van der Waals surface area (Å²) in [7, 11) is 0. The van der Waals surface area contributed by atoms with Crippen LogP contribution in [0.25, 0.3) is 0 Å². The molecule has 4 nitrogen and oxygen atoms in total. The van der Waals surface area contributed by atoms with Crippen LogP contribution in [0.1, 0.15) is 63.9 Å². The molecule has 4 heteroatoms. The Morgan fingerprint density at radius 1 is 1.17 bits per heavy atom. The SMILES string of the molecule is C[C@@]12CCC[C@H]1[C@@H]1CCC3=CC(=O)CC[C@@H]3[C@H]1[C@@H](C#Cc1ccccc1[N+](=O)[O-])C2. The van der Waals surface area contributed by atoms with E-state index in [1.54, 1.807) is 12.1 Å². The zero-order valence-electron chi connectivity index (χ0n) is 17.6. The Hall–Kier alpha value is -2.41. The molecule has 6 atom stereocenters. The molecule has 156 valence electrons. The molecular formula is C26H29NO3. The van der Waals surface area contributed by atoms with Crippen molar-refractivity contribution >= 4 is 11.5 Å². The van der Waals surface area contributed by atoms with Gasteiger partial charge in [-0.2, -0.15) is 0 Å². The average molecular weight is 404 g/mol. The molecule has 1 aromatic rings. The lowest BCUT2D eigenvalue weighted by Crippen LogP contribution is -2.48. The molecule has 4 aliphatic rings. The summed E-state index contributed by atoms with van der Waals surface area (Å²) in [6.45, 7) is 2.45. The van der Waals surface area contributed by atoms with E-state index in [1.165, 1.54) is 37.3 Å². The summed E-state index contributed by atoms with van der Waals surface area (Å²) in [5.74, 6) is 9.70. The molecule has 3 fully saturated rings. The zero-order valence-corrected chi connectivity index (χ0v) is 17.6. The minimum atomic E-state index is -0.337. The van der Waals surface area contributed by atoms with Crippen molar-refractivity contribution in [3.05, 3.63) is 51.6 Å². The van der Waals surface area contributed by atoms with Crippen LogP contribution in [0.2, 0.25) is 0 Å². The van der Waals surface area contributed by atoms with Crippen molar-refractivity contribution < 1.29 is 9.72 Å². The van der Waals surface area contributed by atoms with Gasteiger partial charge in [0.05, 0.1) is 4.92 Å². The largest absolute Gasteiger partial charge is 0.295 e. The lowest BCUT2D eigenvalue weighted by Gasteiger charge is -2.55. The first-order chi connectivity index (χ1) is 14.5. The minimum Gasteiger partial charge on any atom is -0.295 e. The highest BCUT2D eigenvalue weighted by atomic mass is 16.6. The molecule has 0 unspecified atom stereocenters. The van der Waals surface area contributed by atoms with Gasteiger partial charge in [0.15, 0.2) is 5.78 Å². The molecule has 0 aliphatic heterocycles. The van der Waals surface area contributed by atoms with E-state index in [9.17, 15) is 14.9 Å². The van der Waals surface area contributed by atoms with E-state index in [4.69, 9.17) is 0 Å². The summed E-state index contributed by atoms with van der Waals surface area (Å²) in [4.78, 5) is 23.1. The van der Waals surface area contributed by atoms with Crippen LogP contribution in [0.3, 0.4) is 0 Å². The highest BCUT2D eigenvalue weighted by Gasteiger charge is 2.55. The van der Waals surface area contributed by atoms with Crippen molar-refractivity contribution in [3.63, 3.8) is 0 Å². The fourth-order valence-electron chi connectivity index (χ4n) is 7.38. The number of hydrogen-bond acceptors (Lipinski definition) is 3. The molecule has 30 heavy (non-hydrogen) atoms. The highest BCUT2D eigenvalue weighted by molar-refractivity contribution is 5.91. The Morgan fingerprint density at radius 3 is 2.83 bits per heavy atom. The number of benzene rings is 1. The first-order valence-corrected chi connectivity index (χ1v) is 11.4. The second-order valence-corrected chi connectivity index (χ2v) is 10.1. The molecule has 5 rings (SSSR count). The summed E-state index contributed by atoms with van der Waals surface area (Å²) in [5.41, 5.74) is 2.30. The van der Waals surface area contributed by atoms with Gasteiger partial charge in [-0.15, -0.1) is 0 Å². The maximum Gasteiger partial charge on any atom is 0.284 e. The number of hydrogen-bond donors (Lipinski definition) is 0. The predicted molar refractivity (Wildman–Crippen MR) is 116 cm³/mol. The average Bonchev–Trinajstić information content (AvgIpc) is 3.13. The standard InChI is InChI=1S/C26H29NO3/c1-26-14-4-6-23(26)22-12-10-18-15-20(28)11-13-21(18)25(22)19(16-26)9-8-17-5-2-3-7-24(17)27(29)30/h2-3,5,7,15,19,21-23,25H,4,6,10-14,16H2,1H3/t19-,21-,22-,23-,25+,26-/m0/s1. The van der Waals surface area contributed by atoms with Gasteiger partial charge in [-0.3, -0.25) is 14.9 Å². The molecule has 0 aromatic heterocycles. The second-order valence-electron chi connectivity index (χ2n) is 10.1. The maximum absolute atomic E-state index is 12.0. The van der Waals surface area contributed by atoms with Crippen LogP contribution in [0, 0.1) is 57.0 Å². The van der Waals surface area contributed by atoms with Crippen molar-refractivity contribution in [2.45, 2.75) is 58.3 Å². The van der Waals surface area contributed by atoms with E-state index in [0.717, 1.165) is 25.2 Å². The lowest BCUT2D eigenvalue weighted by molar-refractivity contribution is -0.385. The Kier molecular flexibility index (Phi) is 4.81. The van der Waals surface area contributed by atoms with Crippen LogP contribution in [0.5, 0.6) is 0 Å². The van der Waals surface area contributed by atoms with E-state index in [0.29, 0.717) is 35.2 Å². The number of allylic oxidation sites excluding steroid dienone is 1. The number of fused-ring (bicyclic) bond motifs is 5. The number of ketones is 1. The van der Waals surface area contributed by atoms with Gasteiger partial charge in [0.25, 0.3) is 5.69 Å². The maximum atomic E-state index is 12.0. The first kappa shape index (κ1) is 19.5. The summed E-state index contributed by atoms with van der Waals surface area (Å²) in [5, 5.41) is 11.4. The number of nitrogens with zero attached hydrogens (tertiary/aromatic N) is 1. The van der Waals surface area contributed by atoms with Gasteiger partial charge >= 0.3 is 0 Å². The molecule has 0 radical (unpaired) electrons. The topological polar surface area (TPSA) is 60.2 Å². The Labute approximate surface area is 178 Å². The molecule has 0 saturated heterocycles. The van der Waals surface area contributed by atoms with Crippen molar-refractivity contribution in [3.8, 4) is 11.8 Å². The van der Waals surface area contributed by atoms with E-state index in [2.05, 4.69) is 18.8 Å². The summed E-state index contributed by atoms with van der Waals surface area (Å²) in [6.07, 6.45) is 10.8. The van der Waals surface area contributed by atoms with Gasteiger partial charge < -0.3 is 0 Å². The molecule has 3 saturated carbocycles. The summed E-state index contributed by atoms with van der Waals surface area (Å²) >= 11 is 0. The smallest absolute Gasteiger partial charge is 0.284 e. The second kappa shape index (κ2) is 7.38. The van der Waals surface area contributed by atoms with Crippen LogP contribution in [-0.4, -0.2) is 10.7 Å². The molecule has 4 aliphatic carbocycles. The van der Waals surface area contributed by atoms with Crippen LogP contribution in [-0.2, 0) is 4.79 Å². The third-order valence-corrected chi connectivity index (χ3v) is 8.57. The number of carbonyl (C=O) groups is 1. The van der Waals surface area contributed by atoms with E-state index in [-0.39, 0.29) is 22.3 Å². The molecule has 0 bridgehead atoms. The third kappa shape index (κ3) is 3.20. The number of carbonyl (C=O) groups excluding carboxylic acids is 1. The lowest BCUT2D eigenvalue weighted by atomic mass is 9.49. The van der Waals surface area contributed by atoms with Crippen molar-refractivity contribution in [2.75, 3.05) is 0 Å². The monoisotopic (exact) mass is 403 g/mol. The van der Waals surface area contributed by atoms with Crippen LogP contribution < -0.4 is 0 Å². The summed E-state index contributed by atoms with van der Waals surface area (Å²) in [6, 6.07) is 6.82. The van der Waals surface area contributed by atoms with Gasteiger partial charge in [-0.1, -0.05) is 42.9 Å². The molecule has 1 aromatic carbocycles. The predicted octanol–water partition coefficient (Wildman–Crippen LogP) is 5.70. The molecule has 0 N–H and O–H groups in total. The van der Waals surface area contributed by atoms with Crippen molar-refractivity contribution in [1.29, 1.82) is 0 Å². The fraction of sp³-hybridized carbons (Fsp3) is 0.577. The Morgan fingerprint density at radius 2 is 2.00 bits per heavy atom. The van der Waals surface area contributed by atoms with Gasteiger partial charge in [-0.05, 0) is 79.8 Å². The van der Waals surface area contributed by atoms with Crippen LogP contribution >= 0.6 is 0 Å². The van der Waals surface area contributed by atoms with Gasteiger partial charge in [0, 0.05) is 18.4 Å². The normalized spacial score (nSPS) is 37.2. The van der Waals surface area contributed by atoms with E-state index >= 15 is 0 Å². The Bertz CT molecular complexity index is 983. The van der Waals surface area contributed by atoms with Crippen LogP contribution in [0.4, 0.5) is 5.69 Å². The number of para-hydroxylation sites is 1. The van der Waals surface area contributed by atoms with Crippen molar-refractivity contribution in [2.24, 2.45) is 35.0 Å². The third-order valence-electron chi connectivity index (χ3n) is 8.57. The number of nitro benzene ring substituents is 1. The number of nitro groups is 1. The van der Waals surface area contributed by atoms with Crippen molar-refractivity contribution in [1.82, 2.24) is 0 Å². The first-order valence-electron chi connectivity index (χ1n) is 11.4. The van der Waals surface area contributed by atoms with E-state index < -0.39 is 0 Å². The van der Waals surface area contributed by atoms with Gasteiger partial charge in [0.2, 0.25) is 0 Å². The van der Waals surface area contributed by atoms with Gasteiger partial charge in [0.1, 0.15) is 5.56 Å². The number of rotatable bonds is 1. The van der Waals surface area contributed by atoms with Crippen LogP contribution in [0.15, 0.2) is 35.9 Å². The van der Waals surface area contributed by atoms with Gasteiger partial charge in [-0.25, -0.2) is 0 Å². The molecular weight excluding hydrogens is 374 g/mol. The summed E-state index contributed by atoms with van der Waals surface area (Å²) < 4.78 is 0. The van der Waals surface area contributed by atoms with E-state index in [1.807, 2.05) is 12.1 Å². The fourth-order valence-corrected chi connectivity index (χ4v) is 7.38. The molecule has 0 heterocycles.